The lowest BCUT2D eigenvalue weighted by molar-refractivity contribution is -0.131. The monoisotopic (exact) mass is 370 g/mol. The van der Waals surface area contributed by atoms with Crippen LogP contribution in [0.1, 0.15) is 46.4 Å². The quantitative estimate of drug-likeness (QED) is 0.785. The van der Waals surface area contributed by atoms with Gasteiger partial charge in [-0.25, -0.2) is 9.18 Å². The number of nitrogens with zero attached hydrogens (tertiary/aromatic N) is 1. The molecule has 2 N–H and O–H groups in total. The Balaban J connectivity index is 1.56. The number of carbonyl (C=O) groups is 2. The molecule has 142 valence electrons. The summed E-state index contributed by atoms with van der Waals surface area (Å²) in [4.78, 5) is 25.6. The molecule has 1 fully saturated rings. The molecule has 27 heavy (non-hydrogen) atoms. The minimum absolute atomic E-state index is 0.0311. The lowest BCUT2D eigenvalue weighted by Crippen LogP contribution is -2.55. The number of rotatable bonds is 7. The van der Waals surface area contributed by atoms with E-state index in [1.807, 2.05) is 19.1 Å². The van der Waals surface area contributed by atoms with Gasteiger partial charge in [0.2, 0.25) is 5.91 Å². The maximum absolute atomic E-state index is 12.6. The Morgan fingerprint density at radius 1 is 1.15 bits per heavy atom. The summed E-state index contributed by atoms with van der Waals surface area (Å²) in [6.07, 6.45) is 0.805. The van der Waals surface area contributed by atoms with Crippen LogP contribution in [0.5, 0.6) is 0 Å². The van der Waals surface area contributed by atoms with E-state index in [0.29, 0.717) is 12.1 Å². The molecule has 1 aliphatic rings. The normalized spacial score (nSPS) is 17.8. The second-order valence-corrected chi connectivity index (χ2v) is 6.88. The Bertz CT molecular complexity index is 805. The van der Waals surface area contributed by atoms with E-state index in [2.05, 4.69) is 10.2 Å². The fourth-order valence-electron chi connectivity index (χ4n) is 3.20. The van der Waals surface area contributed by atoms with E-state index in [4.69, 9.17) is 5.11 Å². The molecule has 0 saturated carbocycles. The summed E-state index contributed by atoms with van der Waals surface area (Å²) in [5.41, 5.74) is 2.80. The van der Waals surface area contributed by atoms with Gasteiger partial charge in [-0.2, -0.15) is 0 Å². The molecule has 1 saturated heterocycles. The second-order valence-electron chi connectivity index (χ2n) is 6.88. The third kappa shape index (κ3) is 4.52. The van der Waals surface area contributed by atoms with Crippen molar-refractivity contribution in [3.8, 4) is 0 Å². The van der Waals surface area contributed by atoms with Crippen molar-refractivity contribution in [2.24, 2.45) is 0 Å². The first kappa shape index (κ1) is 19.0. The molecule has 0 aliphatic carbocycles. The van der Waals surface area contributed by atoms with Gasteiger partial charge in [-0.15, -0.1) is 0 Å². The minimum Gasteiger partial charge on any atom is -0.478 e. The topological polar surface area (TPSA) is 69.6 Å². The maximum Gasteiger partial charge on any atom is 0.335 e. The van der Waals surface area contributed by atoms with Gasteiger partial charge < -0.3 is 10.4 Å². The lowest BCUT2D eigenvalue weighted by atomic mass is 9.99. The van der Waals surface area contributed by atoms with Gasteiger partial charge in [-0.05, 0) is 42.2 Å². The van der Waals surface area contributed by atoms with Crippen LogP contribution in [0, 0.1) is 0 Å². The summed E-state index contributed by atoms with van der Waals surface area (Å²) in [7, 11) is 0. The number of carbonyl (C=O) groups excluding carboxylic acids is 1. The molecule has 1 amide bonds. The fourth-order valence-corrected chi connectivity index (χ4v) is 3.20. The Kier molecular flexibility index (Phi) is 5.86. The SMILES string of the molecule is C[C@H](NC(=O)C1CCN1Cc1ccc(CF)cc1)c1ccc(C(=O)O)cc1. The Morgan fingerprint density at radius 2 is 1.78 bits per heavy atom. The first-order valence-electron chi connectivity index (χ1n) is 8.99. The average Bonchev–Trinajstić information content (AvgIpc) is 2.65. The van der Waals surface area contributed by atoms with E-state index in [1.165, 1.54) is 12.1 Å². The summed E-state index contributed by atoms with van der Waals surface area (Å²) in [5.74, 6) is -1.00. The van der Waals surface area contributed by atoms with Crippen molar-refractivity contribution in [2.75, 3.05) is 6.54 Å². The highest BCUT2D eigenvalue weighted by Crippen LogP contribution is 2.22. The standard InChI is InChI=1S/C21H23FN2O3/c1-14(17-6-8-18(9-7-17)21(26)27)23-20(25)19-10-11-24(19)13-16-4-2-15(12-22)3-5-16/h2-9,14,19H,10-13H2,1H3,(H,23,25)(H,26,27)/t14-,19?/m0/s1. The molecule has 2 aromatic carbocycles. The van der Waals surface area contributed by atoms with E-state index in [9.17, 15) is 14.0 Å². The smallest absolute Gasteiger partial charge is 0.335 e. The van der Waals surface area contributed by atoms with Crippen molar-refractivity contribution >= 4 is 11.9 Å². The summed E-state index contributed by atoms with van der Waals surface area (Å²) >= 11 is 0. The highest BCUT2D eigenvalue weighted by Gasteiger charge is 2.34. The van der Waals surface area contributed by atoms with E-state index >= 15 is 0 Å². The molecular weight excluding hydrogens is 347 g/mol. The maximum atomic E-state index is 12.6. The van der Waals surface area contributed by atoms with E-state index in [0.717, 1.165) is 24.1 Å². The molecule has 0 spiro atoms. The number of carboxylic acid groups (broad SMARTS) is 1. The van der Waals surface area contributed by atoms with Crippen LogP contribution in [0.25, 0.3) is 0 Å². The van der Waals surface area contributed by atoms with Crippen LogP contribution >= 0.6 is 0 Å². The number of likely N-dealkylation sites (tertiary alicyclic amines) is 1. The third-order valence-corrected chi connectivity index (χ3v) is 5.01. The number of amides is 1. The van der Waals surface area contributed by atoms with Crippen molar-refractivity contribution in [2.45, 2.75) is 38.6 Å². The summed E-state index contributed by atoms with van der Waals surface area (Å²) in [6, 6.07) is 13.5. The molecule has 0 radical (unpaired) electrons. The second kappa shape index (κ2) is 8.31. The van der Waals surface area contributed by atoms with Gasteiger partial charge in [0, 0.05) is 13.1 Å². The Labute approximate surface area is 157 Å². The first-order chi connectivity index (χ1) is 13.0. The molecule has 1 aliphatic heterocycles. The predicted octanol–water partition coefficient (Wildman–Crippen LogP) is 3.31. The zero-order valence-corrected chi connectivity index (χ0v) is 15.2. The highest BCUT2D eigenvalue weighted by molar-refractivity contribution is 5.87. The number of alkyl halides is 1. The summed E-state index contributed by atoms with van der Waals surface area (Å²) in [6.45, 7) is 2.92. The molecule has 0 bridgehead atoms. The van der Waals surface area contributed by atoms with E-state index < -0.39 is 12.6 Å². The minimum atomic E-state index is -0.970. The molecule has 0 aromatic heterocycles. The molecule has 3 rings (SSSR count). The van der Waals surface area contributed by atoms with Crippen LogP contribution in [0.4, 0.5) is 4.39 Å². The van der Waals surface area contributed by atoms with Crippen LogP contribution in [0.2, 0.25) is 0 Å². The van der Waals surface area contributed by atoms with Crippen molar-refractivity contribution < 1.29 is 19.1 Å². The fraction of sp³-hybridized carbons (Fsp3) is 0.333. The zero-order chi connectivity index (χ0) is 19.4. The number of benzene rings is 2. The lowest BCUT2D eigenvalue weighted by Gasteiger charge is -2.40. The summed E-state index contributed by atoms with van der Waals surface area (Å²) < 4.78 is 12.6. The Hall–Kier alpha value is -2.73. The van der Waals surface area contributed by atoms with Gasteiger partial charge in [-0.1, -0.05) is 36.4 Å². The number of hydrogen-bond acceptors (Lipinski definition) is 3. The van der Waals surface area contributed by atoms with Gasteiger partial charge in [0.1, 0.15) is 6.67 Å². The van der Waals surface area contributed by atoms with Gasteiger partial charge in [0.05, 0.1) is 17.6 Å². The first-order valence-corrected chi connectivity index (χ1v) is 8.99. The van der Waals surface area contributed by atoms with Gasteiger partial charge in [-0.3, -0.25) is 9.69 Å². The van der Waals surface area contributed by atoms with Crippen LogP contribution in [0.15, 0.2) is 48.5 Å². The van der Waals surface area contributed by atoms with Crippen molar-refractivity contribution in [3.05, 3.63) is 70.8 Å². The number of carboxylic acids is 1. The van der Waals surface area contributed by atoms with Crippen LogP contribution < -0.4 is 5.32 Å². The van der Waals surface area contributed by atoms with E-state index in [-0.39, 0.29) is 23.6 Å². The molecule has 6 heteroatoms. The average molecular weight is 370 g/mol. The molecule has 2 aromatic rings. The number of halogens is 1. The zero-order valence-electron chi connectivity index (χ0n) is 15.2. The van der Waals surface area contributed by atoms with Crippen LogP contribution in [-0.2, 0) is 18.0 Å². The Morgan fingerprint density at radius 3 is 2.30 bits per heavy atom. The van der Waals surface area contributed by atoms with Gasteiger partial charge in [0.15, 0.2) is 0 Å². The third-order valence-electron chi connectivity index (χ3n) is 5.01. The molecular formula is C21H23FN2O3. The summed E-state index contributed by atoms with van der Waals surface area (Å²) in [5, 5.41) is 12.0. The predicted molar refractivity (Wildman–Crippen MR) is 100 cm³/mol. The van der Waals surface area contributed by atoms with Crippen molar-refractivity contribution in [1.29, 1.82) is 0 Å². The van der Waals surface area contributed by atoms with Gasteiger partial charge >= 0.3 is 5.97 Å². The number of aromatic carboxylic acids is 1. The number of nitrogens with one attached hydrogen (secondary N) is 1. The highest BCUT2D eigenvalue weighted by atomic mass is 19.1. The molecule has 1 heterocycles. The van der Waals surface area contributed by atoms with Gasteiger partial charge in [0.25, 0.3) is 0 Å². The molecule has 2 atom stereocenters. The van der Waals surface area contributed by atoms with Crippen LogP contribution in [-0.4, -0.2) is 34.5 Å². The van der Waals surface area contributed by atoms with Crippen molar-refractivity contribution in [3.63, 3.8) is 0 Å². The van der Waals surface area contributed by atoms with Crippen LogP contribution in [0.3, 0.4) is 0 Å². The molecule has 5 nitrogen and oxygen atoms in total. The molecule has 1 unspecified atom stereocenters. The van der Waals surface area contributed by atoms with E-state index in [1.54, 1.807) is 24.3 Å². The number of hydrogen-bond donors (Lipinski definition) is 2. The van der Waals surface area contributed by atoms with Crippen molar-refractivity contribution in [1.82, 2.24) is 10.2 Å². The largest absolute Gasteiger partial charge is 0.478 e.